The molecule has 2 aliphatic rings. The lowest BCUT2D eigenvalue weighted by atomic mass is 9.94. The molecule has 1 N–H and O–H groups in total. The molecule has 3 amide bonds. The van der Waals surface area contributed by atoms with E-state index >= 15 is 0 Å². The van der Waals surface area contributed by atoms with E-state index in [-0.39, 0.29) is 23.6 Å². The SMILES string of the molecule is Cn1cccc1C(=O)N1CCC(C(=O)N2CCCCCCNC(=O)CC2)CC1. The Labute approximate surface area is 167 Å². The van der Waals surface area contributed by atoms with Gasteiger partial charge in [-0.2, -0.15) is 0 Å². The summed E-state index contributed by atoms with van der Waals surface area (Å²) < 4.78 is 1.83. The Kier molecular flexibility index (Phi) is 7.12. The molecule has 28 heavy (non-hydrogen) atoms. The van der Waals surface area contributed by atoms with Crippen LogP contribution < -0.4 is 5.32 Å². The smallest absolute Gasteiger partial charge is 0.270 e. The number of aryl methyl sites for hydroxylation is 1. The Morgan fingerprint density at radius 2 is 1.75 bits per heavy atom. The van der Waals surface area contributed by atoms with E-state index in [1.54, 1.807) is 0 Å². The zero-order chi connectivity index (χ0) is 19.9. The van der Waals surface area contributed by atoms with Crippen molar-refractivity contribution < 1.29 is 14.4 Å². The van der Waals surface area contributed by atoms with E-state index in [4.69, 9.17) is 0 Å². The van der Waals surface area contributed by atoms with Gasteiger partial charge in [0.2, 0.25) is 11.8 Å². The van der Waals surface area contributed by atoms with Crippen LogP contribution in [0.1, 0.15) is 55.4 Å². The van der Waals surface area contributed by atoms with Crippen molar-refractivity contribution in [3.05, 3.63) is 24.0 Å². The molecule has 7 nitrogen and oxygen atoms in total. The fraction of sp³-hybridized carbons (Fsp3) is 0.667. The number of rotatable bonds is 2. The summed E-state index contributed by atoms with van der Waals surface area (Å²) in [7, 11) is 1.87. The van der Waals surface area contributed by atoms with Crippen molar-refractivity contribution in [3.8, 4) is 0 Å². The Hall–Kier alpha value is -2.31. The normalized spacial score (nSPS) is 20.4. The molecule has 3 heterocycles. The Morgan fingerprint density at radius 1 is 1.00 bits per heavy atom. The average molecular weight is 389 g/mol. The van der Waals surface area contributed by atoms with E-state index in [1.807, 2.05) is 39.7 Å². The number of nitrogens with zero attached hydrogens (tertiary/aromatic N) is 3. The number of aromatic nitrogens is 1. The summed E-state index contributed by atoms with van der Waals surface area (Å²) in [6.45, 7) is 3.17. The second-order valence-electron chi connectivity index (χ2n) is 7.91. The molecule has 2 saturated heterocycles. The van der Waals surface area contributed by atoms with E-state index in [9.17, 15) is 14.4 Å². The highest BCUT2D eigenvalue weighted by Gasteiger charge is 2.31. The Bertz CT molecular complexity index is 692. The molecule has 1 aromatic heterocycles. The summed E-state index contributed by atoms with van der Waals surface area (Å²) in [5, 5.41) is 2.93. The first-order valence-electron chi connectivity index (χ1n) is 10.5. The number of amides is 3. The standard InChI is InChI=1S/C21H32N4O3/c1-23-12-6-7-18(23)21(28)25-14-8-17(9-15-25)20(27)24-13-5-3-2-4-11-22-19(26)10-16-24/h6-7,12,17H,2-5,8-11,13-16H2,1H3,(H,22,26). The van der Waals surface area contributed by atoms with Crippen LogP contribution in [0.15, 0.2) is 18.3 Å². The van der Waals surface area contributed by atoms with E-state index in [0.29, 0.717) is 44.6 Å². The maximum Gasteiger partial charge on any atom is 0.270 e. The van der Waals surface area contributed by atoms with Gasteiger partial charge in [0.1, 0.15) is 5.69 Å². The van der Waals surface area contributed by atoms with Crippen molar-refractivity contribution in [3.63, 3.8) is 0 Å². The lowest BCUT2D eigenvalue weighted by molar-refractivity contribution is -0.137. The molecule has 0 bridgehead atoms. The van der Waals surface area contributed by atoms with Gasteiger partial charge in [-0.1, -0.05) is 12.8 Å². The van der Waals surface area contributed by atoms with E-state index in [2.05, 4.69) is 5.32 Å². The van der Waals surface area contributed by atoms with Gasteiger partial charge in [0.15, 0.2) is 0 Å². The maximum absolute atomic E-state index is 13.1. The zero-order valence-electron chi connectivity index (χ0n) is 16.9. The van der Waals surface area contributed by atoms with Crippen molar-refractivity contribution in [2.24, 2.45) is 13.0 Å². The number of carbonyl (C=O) groups is 3. The first-order chi connectivity index (χ1) is 13.6. The third-order valence-corrected chi connectivity index (χ3v) is 5.89. The number of likely N-dealkylation sites (tertiary alicyclic amines) is 1. The molecule has 0 saturated carbocycles. The number of piperidine rings is 1. The molecule has 0 unspecified atom stereocenters. The molecule has 154 valence electrons. The molecule has 2 fully saturated rings. The minimum absolute atomic E-state index is 0.0303. The van der Waals surface area contributed by atoms with Gasteiger partial charge < -0.3 is 19.7 Å². The highest BCUT2D eigenvalue weighted by atomic mass is 16.2. The van der Waals surface area contributed by atoms with Gasteiger partial charge in [-0.05, 0) is 37.8 Å². The maximum atomic E-state index is 13.1. The zero-order valence-corrected chi connectivity index (χ0v) is 16.9. The predicted octanol–water partition coefficient (Wildman–Crippen LogP) is 1.79. The molecule has 2 aliphatic heterocycles. The summed E-state index contributed by atoms with van der Waals surface area (Å²) in [5.41, 5.74) is 0.683. The van der Waals surface area contributed by atoms with Crippen LogP contribution >= 0.6 is 0 Å². The number of hydrogen-bond donors (Lipinski definition) is 1. The van der Waals surface area contributed by atoms with E-state index < -0.39 is 0 Å². The van der Waals surface area contributed by atoms with Crippen molar-refractivity contribution in [2.45, 2.75) is 44.9 Å². The van der Waals surface area contributed by atoms with Crippen LogP contribution in [0.5, 0.6) is 0 Å². The lowest BCUT2D eigenvalue weighted by Crippen LogP contribution is -2.45. The van der Waals surface area contributed by atoms with Crippen molar-refractivity contribution in [2.75, 3.05) is 32.7 Å². The minimum Gasteiger partial charge on any atom is -0.356 e. The molecule has 0 spiro atoms. The van der Waals surface area contributed by atoms with Crippen LogP contribution in [0.25, 0.3) is 0 Å². The average Bonchev–Trinajstić information content (AvgIpc) is 3.12. The highest BCUT2D eigenvalue weighted by molar-refractivity contribution is 5.93. The summed E-state index contributed by atoms with van der Waals surface area (Å²) in [4.78, 5) is 41.3. The van der Waals surface area contributed by atoms with Crippen LogP contribution in [0.3, 0.4) is 0 Å². The van der Waals surface area contributed by atoms with Crippen molar-refractivity contribution >= 4 is 17.7 Å². The van der Waals surface area contributed by atoms with Crippen LogP contribution in [0.4, 0.5) is 0 Å². The molecule has 3 rings (SSSR count). The molecule has 0 aliphatic carbocycles. The second-order valence-corrected chi connectivity index (χ2v) is 7.91. The molecule has 0 radical (unpaired) electrons. The van der Waals surface area contributed by atoms with Crippen LogP contribution in [-0.2, 0) is 16.6 Å². The third-order valence-electron chi connectivity index (χ3n) is 5.89. The largest absolute Gasteiger partial charge is 0.356 e. The van der Waals surface area contributed by atoms with Crippen LogP contribution in [0.2, 0.25) is 0 Å². The van der Waals surface area contributed by atoms with E-state index in [1.165, 1.54) is 0 Å². The molecule has 0 atom stereocenters. The number of hydrogen-bond acceptors (Lipinski definition) is 3. The van der Waals surface area contributed by atoms with Gasteiger partial charge >= 0.3 is 0 Å². The quantitative estimate of drug-likeness (QED) is 0.839. The van der Waals surface area contributed by atoms with Gasteiger partial charge in [0.25, 0.3) is 5.91 Å². The summed E-state index contributed by atoms with van der Waals surface area (Å²) in [6, 6.07) is 3.70. The van der Waals surface area contributed by atoms with Gasteiger partial charge in [0.05, 0.1) is 0 Å². The third kappa shape index (κ3) is 5.14. The second kappa shape index (κ2) is 9.75. The lowest BCUT2D eigenvalue weighted by Gasteiger charge is -2.34. The molecule has 0 aromatic carbocycles. The van der Waals surface area contributed by atoms with Crippen molar-refractivity contribution in [1.29, 1.82) is 0 Å². The summed E-state index contributed by atoms with van der Waals surface area (Å²) >= 11 is 0. The van der Waals surface area contributed by atoms with E-state index in [0.717, 1.165) is 38.8 Å². The first kappa shape index (κ1) is 20.4. The van der Waals surface area contributed by atoms with Crippen LogP contribution in [0, 0.1) is 5.92 Å². The van der Waals surface area contributed by atoms with Gasteiger partial charge in [-0.15, -0.1) is 0 Å². The van der Waals surface area contributed by atoms with Crippen molar-refractivity contribution in [1.82, 2.24) is 19.7 Å². The highest BCUT2D eigenvalue weighted by Crippen LogP contribution is 2.22. The first-order valence-corrected chi connectivity index (χ1v) is 10.5. The van der Waals surface area contributed by atoms with Gasteiger partial charge in [0, 0.05) is 58.3 Å². The Balaban J connectivity index is 1.54. The molecule has 7 heteroatoms. The molecular weight excluding hydrogens is 356 g/mol. The van der Waals surface area contributed by atoms with Crippen LogP contribution in [-0.4, -0.2) is 64.8 Å². The summed E-state index contributed by atoms with van der Waals surface area (Å²) in [5.74, 6) is 0.164. The predicted molar refractivity (Wildman–Crippen MR) is 107 cm³/mol. The van der Waals surface area contributed by atoms with Gasteiger partial charge in [-0.25, -0.2) is 0 Å². The number of carbonyl (C=O) groups excluding carboxylic acids is 3. The fourth-order valence-corrected chi connectivity index (χ4v) is 4.10. The molecular formula is C21H32N4O3. The van der Waals surface area contributed by atoms with Gasteiger partial charge in [-0.3, -0.25) is 14.4 Å². The topological polar surface area (TPSA) is 74.7 Å². The monoisotopic (exact) mass is 388 g/mol. The number of nitrogens with one attached hydrogen (secondary N) is 1. The summed E-state index contributed by atoms with van der Waals surface area (Å²) in [6.07, 6.45) is 7.80. The fourth-order valence-electron chi connectivity index (χ4n) is 4.10. The Morgan fingerprint density at radius 3 is 2.46 bits per heavy atom. The molecule has 1 aromatic rings. The minimum atomic E-state index is -0.0503.